The summed E-state index contributed by atoms with van der Waals surface area (Å²) >= 11 is 5.47. The number of carbonyl (C=O) groups is 2. The maximum absolute atomic E-state index is 12.3. The molecule has 6 heteroatoms. The minimum absolute atomic E-state index is 0.192. The van der Waals surface area contributed by atoms with E-state index in [1.807, 2.05) is 12.1 Å². The van der Waals surface area contributed by atoms with Gasteiger partial charge >= 0.3 is 0 Å². The van der Waals surface area contributed by atoms with E-state index in [1.165, 1.54) is 0 Å². The fourth-order valence-electron chi connectivity index (χ4n) is 1.75. The van der Waals surface area contributed by atoms with Gasteiger partial charge in [0.25, 0.3) is 11.8 Å². The summed E-state index contributed by atoms with van der Waals surface area (Å²) < 4.78 is 1.70. The van der Waals surface area contributed by atoms with E-state index in [4.69, 9.17) is 0 Å². The van der Waals surface area contributed by atoms with Crippen LogP contribution in [0.5, 0.6) is 0 Å². The first-order valence-corrected chi connectivity index (χ1v) is 7.97. The Bertz CT molecular complexity index is 704. The predicted octanol–water partition coefficient (Wildman–Crippen LogP) is 3.67. The fraction of sp³-hybridized carbons (Fsp3) is 0.0667. The molecule has 0 aliphatic heterocycles. The van der Waals surface area contributed by atoms with E-state index in [1.54, 1.807) is 37.4 Å². The molecular formula is C15H12BrIN2O2. The lowest BCUT2D eigenvalue weighted by molar-refractivity contribution is 0.0961. The highest BCUT2D eigenvalue weighted by atomic mass is 127. The van der Waals surface area contributed by atoms with Crippen LogP contribution in [0.1, 0.15) is 20.7 Å². The lowest BCUT2D eigenvalue weighted by atomic mass is 10.1. The lowest BCUT2D eigenvalue weighted by Gasteiger charge is -2.08. The molecule has 0 unspecified atom stereocenters. The molecule has 21 heavy (non-hydrogen) atoms. The maximum Gasteiger partial charge on any atom is 0.256 e. The summed E-state index contributed by atoms with van der Waals surface area (Å²) in [5.74, 6) is -0.405. The van der Waals surface area contributed by atoms with Crippen LogP contribution < -0.4 is 10.6 Å². The standard InChI is InChI=1S/C15H12BrIN2O2/c1-18-14(20)9-3-2-4-11(7-9)19-15(21)12-8-10(16)5-6-13(12)17/h2-8H,1H3,(H,18,20)(H,19,21). The molecule has 2 rings (SSSR count). The monoisotopic (exact) mass is 458 g/mol. The van der Waals surface area contributed by atoms with E-state index in [9.17, 15) is 9.59 Å². The fourth-order valence-corrected chi connectivity index (χ4v) is 2.69. The minimum atomic E-state index is -0.213. The molecule has 0 radical (unpaired) electrons. The quantitative estimate of drug-likeness (QED) is 0.689. The van der Waals surface area contributed by atoms with E-state index < -0.39 is 0 Å². The summed E-state index contributed by atoms with van der Waals surface area (Å²) in [6, 6.07) is 12.3. The summed E-state index contributed by atoms with van der Waals surface area (Å²) in [5.41, 5.74) is 1.66. The molecule has 0 fully saturated rings. The molecule has 108 valence electrons. The van der Waals surface area contributed by atoms with Gasteiger partial charge in [0.2, 0.25) is 0 Å². The lowest BCUT2D eigenvalue weighted by Crippen LogP contribution is -2.18. The van der Waals surface area contributed by atoms with E-state index in [2.05, 4.69) is 49.2 Å². The second-order valence-electron chi connectivity index (χ2n) is 4.24. The molecule has 0 aliphatic rings. The summed E-state index contributed by atoms with van der Waals surface area (Å²) in [6.07, 6.45) is 0. The Morgan fingerprint density at radius 2 is 1.86 bits per heavy atom. The number of hydrogen-bond donors (Lipinski definition) is 2. The average Bonchev–Trinajstić information content (AvgIpc) is 2.49. The highest BCUT2D eigenvalue weighted by molar-refractivity contribution is 14.1. The highest BCUT2D eigenvalue weighted by Crippen LogP contribution is 2.20. The first kappa shape index (κ1) is 16.0. The van der Waals surface area contributed by atoms with Crippen LogP contribution in [0.15, 0.2) is 46.9 Å². The maximum atomic E-state index is 12.3. The number of amides is 2. The van der Waals surface area contributed by atoms with Gasteiger partial charge in [-0.1, -0.05) is 22.0 Å². The Morgan fingerprint density at radius 3 is 2.57 bits per heavy atom. The Morgan fingerprint density at radius 1 is 1.10 bits per heavy atom. The Hall–Kier alpha value is -1.41. The molecule has 4 nitrogen and oxygen atoms in total. The Balaban J connectivity index is 2.23. The molecule has 2 amide bonds. The SMILES string of the molecule is CNC(=O)c1cccc(NC(=O)c2cc(Br)ccc2I)c1. The molecule has 0 spiro atoms. The Labute approximate surface area is 144 Å². The van der Waals surface area contributed by atoms with Gasteiger partial charge in [-0.05, 0) is 59.0 Å². The van der Waals surface area contributed by atoms with Gasteiger partial charge in [0.1, 0.15) is 0 Å². The summed E-state index contributed by atoms with van der Waals surface area (Å²) in [6.45, 7) is 0. The van der Waals surface area contributed by atoms with Crippen molar-refractivity contribution in [2.45, 2.75) is 0 Å². The summed E-state index contributed by atoms with van der Waals surface area (Å²) in [7, 11) is 1.57. The van der Waals surface area contributed by atoms with Crippen molar-refractivity contribution >= 4 is 56.0 Å². The molecular weight excluding hydrogens is 447 g/mol. The molecule has 0 heterocycles. The highest BCUT2D eigenvalue weighted by Gasteiger charge is 2.12. The molecule has 0 bridgehead atoms. The van der Waals surface area contributed by atoms with Crippen molar-refractivity contribution < 1.29 is 9.59 Å². The van der Waals surface area contributed by atoms with Crippen LogP contribution in [-0.2, 0) is 0 Å². The van der Waals surface area contributed by atoms with Crippen LogP contribution in [0, 0.1) is 3.57 Å². The van der Waals surface area contributed by atoms with Gasteiger partial charge in [0.15, 0.2) is 0 Å². The van der Waals surface area contributed by atoms with Crippen LogP contribution in [0.3, 0.4) is 0 Å². The Kier molecular flexibility index (Phi) is 5.35. The number of halogens is 2. The zero-order valence-corrected chi connectivity index (χ0v) is 14.9. The third kappa shape index (κ3) is 4.04. The first-order valence-electron chi connectivity index (χ1n) is 6.10. The summed E-state index contributed by atoms with van der Waals surface area (Å²) in [5, 5.41) is 5.35. The van der Waals surface area contributed by atoms with Crippen LogP contribution in [0.4, 0.5) is 5.69 Å². The summed E-state index contributed by atoms with van der Waals surface area (Å²) in [4.78, 5) is 23.9. The van der Waals surface area contributed by atoms with E-state index in [0.717, 1.165) is 8.04 Å². The first-order chi connectivity index (χ1) is 10.0. The third-order valence-electron chi connectivity index (χ3n) is 2.78. The van der Waals surface area contributed by atoms with Crippen molar-refractivity contribution in [3.63, 3.8) is 0 Å². The van der Waals surface area contributed by atoms with Gasteiger partial charge < -0.3 is 10.6 Å². The van der Waals surface area contributed by atoms with E-state index in [0.29, 0.717) is 16.8 Å². The van der Waals surface area contributed by atoms with Gasteiger partial charge in [0, 0.05) is 26.3 Å². The molecule has 0 saturated heterocycles. The van der Waals surface area contributed by atoms with E-state index >= 15 is 0 Å². The number of rotatable bonds is 3. The van der Waals surface area contributed by atoms with Crippen molar-refractivity contribution in [2.75, 3.05) is 12.4 Å². The van der Waals surface area contributed by atoms with Gasteiger partial charge in [-0.3, -0.25) is 9.59 Å². The second kappa shape index (κ2) is 7.04. The number of benzene rings is 2. The number of nitrogens with one attached hydrogen (secondary N) is 2. The minimum Gasteiger partial charge on any atom is -0.355 e. The van der Waals surface area contributed by atoms with Crippen LogP contribution in [0.25, 0.3) is 0 Å². The topological polar surface area (TPSA) is 58.2 Å². The van der Waals surface area contributed by atoms with Crippen molar-refractivity contribution in [3.05, 3.63) is 61.6 Å². The van der Waals surface area contributed by atoms with Crippen LogP contribution in [0.2, 0.25) is 0 Å². The molecule has 0 saturated carbocycles. The zero-order valence-electron chi connectivity index (χ0n) is 11.1. The van der Waals surface area contributed by atoms with Crippen molar-refractivity contribution in [3.8, 4) is 0 Å². The molecule has 0 aromatic heterocycles. The molecule has 0 atom stereocenters. The number of carbonyl (C=O) groups excluding carboxylic acids is 2. The molecule has 2 N–H and O–H groups in total. The van der Waals surface area contributed by atoms with Crippen molar-refractivity contribution in [2.24, 2.45) is 0 Å². The van der Waals surface area contributed by atoms with Crippen LogP contribution >= 0.6 is 38.5 Å². The van der Waals surface area contributed by atoms with Gasteiger partial charge in [-0.25, -0.2) is 0 Å². The second-order valence-corrected chi connectivity index (χ2v) is 6.32. The number of anilines is 1. The van der Waals surface area contributed by atoms with Crippen molar-refractivity contribution in [1.82, 2.24) is 5.32 Å². The smallest absolute Gasteiger partial charge is 0.256 e. The van der Waals surface area contributed by atoms with Crippen molar-refractivity contribution in [1.29, 1.82) is 0 Å². The zero-order chi connectivity index (χ0) is 15.4. The van der Waals surface area contributed by atoms with Crippen LogP contribution in [-0.4, -0.2) is 18.9 Å². The van der Waals surface area contributed by atoms with Gasteiger partial charge in [0.05, 0.1) is 5.56 Å². The molecule has 0 aliphatic carbocycles. The normalized spacial score (nSPS) is 10.0. The third-order valence-corrected chi connectivity index (χ3v) is 4.22. The molecule has 2 aromatic rings. The average molecular weight is 459 g/mol. The predicted molar refractivity (Wildman–Crippen MR) is 94.6 cm³/mol. The van der Waals surface area contributed by atoms with Gasteiger partial charge in [-0.15, -0.1) is 0 Å². The largest absolute Gasteiger partial charge is 0.355 e. The van der Waals surface area contributed by atoms with Gasteiger partial charge in [-0.2, -0.15) is 0 Å². The number of hydrogen-bond acceptors (Lipinski definition) is 2. The molecule has 2 aromatic carbocycles. The van der Waals surface area contributed by atoms with E-state index in [-0.39, 0.29) is 11.8 Å².